The van der Waals surface area contributed by atoms with Crippen molar-refractivity contribution in [2.24, 2.45) is 23.2 Å². The van der Waals surface area contributed by atoms with Gasteiger partial charge in [0.1, 0.15) is 11.5 Å². The maximum Gasteiger partial charge on any atom is 0.312 e. The minimum absolute atomic E-state index is 0.169. The second-order valence-electron chi connectivity index (χ2n) is 8.26. The van der Waals surface area contributed by atoms with Crippen molar-refractivity contribution in [1.82, 2.24) is 0 Å². The summed E-state index contributed by atoms with van der Waals surface area (Å²) in [6, 6.07) is 5.02. The normalized spacial score (nSPS) is 31.5. The van der Waals surface area contributed by atoms with Gasteiger partial charge in [0, 0.05) is 6.07 Å². The van der Waals surface area contributed by atoms with Gasteiger partial charge >= 0.3 is 5.97 Å². The molecule has 1 aromatic rings. The molecule has 0 aromatic heterocycles. The number of benzene rings is 1. The van der Waals surface area contributed by atoms with Gasteiger partial charge < -0.3 is 14.2 Å². The molecule has 140 valence electrons. The highest BCUT2D eigenvalue weighted by Gasteiger charge is 2.55. The van der Waals surface area contributed by atoms with E-state index in [-0.39, 0.29) is 23.8 Å². The summed E-state index contributed by atoms with van der Waals surface area (Å²) >= 11 is 0. The summed E-state index contributed by atoms with van der Waals surface area (Å²) in [5.41, 5.74) is 0.0746. The second-order valence-corrected chi connectivity index (χ2v) is 8.26. The van der Waals surface area contributed by atoms with Crippen LogP contribution in [0.2, 0.25) is 0 Å². The van der Waals surface area contributed by atoms with Gasteiger partial charge in [-0.3, -0.25) is 9.59 Å². The molecule has 5 heteroatoms. The van der Waals surface area contributed by atoms with Gasteiger partial charge in [0.15, 0.2) is 6.61 Å². The first-order valence-electron chi connectivity index (χ1n) is 9.45. The molecule has 4 aliphatic carbocycles. The van der Waals surface area contributed by atoms with Crippen molar-refractivity contribution in [2.75, 3.05) is 20.8 Å². The molecule has 5 nitrogen and oxygen atoms in total. The highest BCUT2D eigenvalue weighted by atomic mass is 16.5. The van der Waals surface area contributed by atoms with E-state index in [4.69, 9.17) is 14.2 Å². The number of hydrogen-bond donors (Lipinski definition) is 0. The van der Waals surface area contributed by atoms with Gasteiger partial charge in [0.25, 0.3) is 0 Å². The Morgan fingerprint density at radius 3 is 2.15 bits per heavy atom. The van der Waals surface area contributed by atoms with E-state index >= 15 is 0 Å². The lowest BCUT2D eigenvalue weighted by Crippen LogP contribution is -2.50. The molecule has 0 heterocycles. The first kappa shape index (κ1) is 17.4. The Hall–Kier alpha value is -2.04. The van der Waals surface area contributed by atoms with Gasteiger partial charge in [-0.25, -0.2) is 0 Å². The first-order chi connectivity index (χ1) is 12.5. The van der Waals surface area contributed by atoms with Gasteiger partial charge in [-0.15, -0.1) is 0 Å². The van der Waals surface area contributed by atoms with Crippen molar-refractivity contribution >= 4 is 11.8 Å². The number of hydrogen-bond acceptors (Lipinski definition) is 5. The van der Waals surface area contributed by atoms with E-state index in [0.29, 0.717) is 34.8 Å². The fraction of sp³-hybridized carbons (Fsp3) is 0.619. The zero-order valence-corrected chi connectivity index (χ0v) is 15.5. The summed E-state index contributed by atoms with van der Waals surface area (Å²) in [6.07, 6.45) is 6.64. The molecule has 0 saturated heterocycles. The number of ether oxygens (including phenoxy) is 3. The van der Waals surface area contributed by atoms with Crippen LogP contribution in [0.3, 0.4) is 0 Å². The molecule has 4 fully saturated rings. The van der Waals surface area contributed by atoms with Crippen LogP contribution in [0.4, 0.5) is 0 Å². The van der Waals surface area contributed by atoms with Gasteiger partial charge in [0.05, 0.1) is 25.2 Å². The number of carbonyl (C=O) groups is 2. The molecule has 0 unspecified atom stereocenters. The molecule has 0 spiro atoms. The lowest BCUT2D eigenvalue weighted by Gasteiger charge is -2.55. The first-order valence-corrected chi connectivity index (χ1v) is 9.45. The Balaban J connectivity index is 1.43. The number of methoxy groups -OCH3 is 2. The summed E-state index contributed by atoms with van der Waals surface area (Å²) in [6.45, 7) is -0.233. The summed E-state index contributed by atoms with van der Waals surface area (Å²) in [4.78, 5) is 25.4. The average molecular weight is 358 g/mol. The minimum Gasteiger partial charge on any atom is -0.497 e. The van der Waals surface area contributed by atoms with E-state index in [2.05, 4.69) is 0 Å². The third-order valence-electron chi connectivity index (χ3n) is 6.51. The van der Waals surface area contributed by atoms with Gasteiger partial charge in [-0.1, -0.05) is 0 Å². The highest BCUT2D eigenvalue weighted by Crippen LogP contribution is 2.60. The molecule has 0 N–H and O–H groups in total. The number of ketones is 1. The Labute approximate surface area is 154 Å². The van der Waals surface area contributed by atoms with Crippen molar-refractivity contribution in [3.05, 3.63) is 23.8 Å². The van der Waals surface area contributed by atoms with Crippen LogP contribution < -0.4 is 9.47 Å². The molecule has 0 aliphatic heterocycles. The summed E-state index contributed by atoms with van der Waals surface area (Å²) in [5, 5.41) is 0. The molecule has 26 heavy (non-hydrogen) atoms. The number of esters is 1. The maximum atomic E-state index is 12.9. The quantitative estimate of drug-likeness (QED) is 0.574. The standard InChI is InChI=1S/C21H26O5/c1-24-16-3-4-17(19(8-16)25-2)18(22)12-26-20(23)21-9-13-5-14(10-21)7-15(6-13)11-21/h3-4,8,13-15H,5-7,9-12H2,1-2H3. The Bertz CT molecular complexity index is 688. The minimum atomic E-state index is -0.334. The average Bonchev–Trinajstić information content (AvgIpc) is 2.64. The summed E-state index contributed by atoms with van der Waals surface area (Å²) in [5.74, 6) is 2.65. The molecule has 4 aliphatic rings. The summed E-state index contributed by atoms with van der Waals surface area (Å²) in [7, 11) is 3.07. The van der Waals surface area contributed by atoms with Crippen LogP contribution >= 0.6 is 0 Å². The molecular weight excluding hydrogens is 332 g/mol. The van der Waals surface area contributed by atoms with Crippen LogP contribution in [-0.2, 0) is 9.53 Å². The van der Waals surface area contributed by atoms with Crippen LogP contribution in [0.1, 0.15) is 48.9 Å². The van der Waals surface area contributed by atoms with Gasteiger partial charge in [-0.2, -0.15) is 0 Å². The van der Waals surface area contributed by atoms with E-state index < -0.39 is 0 Å². The smallest absolute Gasteiger partial charge is 0.312 e. The number of rotatable bonds is 6. The zero-order chi connectivity index (χ0) is 18.3. The van der Waals surface area contributed by atoms with Crippen molar-refractivity contribution in [1.29, 1.82) is 0 Å². The lowest BCUT2D eigenvalue weighted by atomic mass is 9.49. The number of carbonyl (C=O) groups excluding carboxylic acids is 2. The lowest BCUT2D eigenvalue weighted by molar-refractivity contribution is -0.170. The third kappa shape index (κ3) is 2.97. The van der Waals surface area contributed by atoms with E-state index in [1.54, 1.807) is 25.3 Å². The van der Waals surface area contributed by atoms with Crippen molar-refractivity contribution < 1.29 is 23.8 Å². The second kappa shape index (κ2) is 6.60. The Kier molecular flexibility index (Phi) is 4.41. The van der Waals surface area contributed by atoms with Crippen LogP contribution in [0, 0.1) is 23.2 Å². The SMILES string of the molecule is COc1ccc(C(=O)COC(=O)C23CC4CC(CC(C4)C2)C3)c(OC)c1. The predicted octanol–water partition coefficient (Wildman–Crippen LogP) is 3.65. The van der Waals surface area contributed by atoms with Crippen molar-refractivity contribution in [3.63, 3.8) is 0 Å². The van der Waals surface area contributed by atoms with Crippen molar-refractivity contribution in [3.8, 4) is 11.5 Å². The van der Waals surface area contributed by atoms with E-state index in [9.17, 15) is 9.59 Å². The fourth-order valence-corrected chi connectivity index (χ4v) is 5.75. The van der Waals surface area contributed by atoms with Crippen LogP contribution in [-0.4, -0.2) is 32.6 Å². The summed E-state index contributed by atoms with van der Waals surface area (Å²) < 4.78 is 15.9. The monoisotopic (exact) mass is 358 g/mol. The van der Waals surface area contributed by atoms with Crippen LogP contribution in [0.15, 0.2) is 18.2 Å². The molecular formula is C21H26O5. The largest absolute Gasteiger partial charge is 0.497 e. The molecule has 5 rings (SSSR count). The zero-order valence-electron chi connectivity index (χ0n) is 15.5. The van der Waals surface area contributed by atoms with Crippen molar-refractivity contribution in [2.45, 2.75) is 38.5 Å². The molecule has 0 atom stereocenters. The molecule has 1 aromatic carbocycles. The van der Waals surface area contributed by atoms with Crippen LogP contribution in [0.25, 0.3) is 0 Å². The maximum absolute atomic E-state index is 12.9. The predicted molar refractivity (Wildman–Crippen MR) is 95.4 cm³/mol. The molecule has 4 saturated carbocycles. The Morgan fingerprint density at radius 2 is 1.62 bits per heavy atom. The van der Waals surface area contributed by atoms with Gasteiger partial charge in [-0.05, 0) is 68.4 Å². The fourth-order valence-electron chi connectivity index (χ4n) is 5.75. The van der Waals surface area contributed by atoms with E-state index in [1.165, 1.54) is 26.4 Å². The molecule has 0 radical (unpaired) electrons. The van der Waals surface area contributed by atoms with Gasteiger partial charge in [0.2, 0.25) is 5.78 Å². The van der Waals surface area contributed by atoms with E-state index in [1.807, 2.05) is 0 Å². The third-order valence-corrected chi connectivity index (χ3v) is 6.51. The topological polar surface area (TPSA) is 61.8 Å². The molecule has 4 bridgehead atoms. The Morgan fingerprint density at radius 1 is 1.00 bits per heavy atom. The van der Waals surface area contributed by atoms with Crippen LogP contribution in [0.5, 0.6) is 11.5 Å². The highest BCUT2D eigenvalue weighted by molar-refractivity contribution is 6.00. The molecule has 0 amide bonds. The number of Topliss-reactive ketones (excluding diaryl/α,β-unsaturated/α-hetero) is 1. The van der Waals surface area contributed by atoms with E-state index in [0.717, 1.165) is 19.3 Å².